The Bertz CT molecular complexity index is 694. The number of nitrogens with zero attached hydrogens (tertiary/aromatic N) is 1. The summed E-state index contributed by atoms with van der Waals surface area (Å²) in [6.45, 7) is 1.20. The van der Waals surface area contributed by atoms with Crippen LogP contribution in [0.4, 0.5) is 0 Å². The van der Waals surface area contributed by atoms with Gasteiger partial charge in [0.05, 0.1) is 14.2 Å². The summed E-state index contributed by atoms with van der Waals surface area (Å²) >= 11 is 0. The number of ether oxygens (including phenoxy) is 2. The first-order valence-electron chi connectivity index (χ1n) is 8.56. The van der Waals surface area contributed by atoms with Crippen molar-refractivity contribution in [2.45, 2.75) is 12.8 Å². The molecule has 5 heteroatoms. The molecule has 0 saturated carbocycles. The van der Waals surface area contributed by atoms with Crippen molar-refractivity contribution in [2.75, 3.05) is 34.4 Å². The Morgan fingerprint density at radius 2 is 1.23 bits per heavy atom. The highest BCUT2D eigenvalue weighted by Crippen LogP contribution is 2.15. The van der Waals surface area contributed by atoms with Crippen LogP contribution in [0.1, 0.15) is 33.6 Å². The van der Waals surface area contributed by atoms with Gasteiger partial charge in [-0.2, -0.15) is 0 Å². The molecule has 0 aliphatic rings. The van der Waals surface area contributed by atoms with Crippen LogP contribution in [0.25, 0.3) is 0 Å². The second kappa shape index (κ2) is 9.73. The summed E-state index contributed by atoms with van der Waals surface area (Å²) in [6.07, 6.45) is 0.800. The number of ketones is 2. The summed E-state index contributed by atoms with van der Waals surface area (Å²) in [5, 5.41) is 0. The molecular weight excluding hydrogens is 330 g/mol. The van der Waals surface area contributed by atoms with Crippen molar-refractivity contribution in [3.63, 3.8) is 0 Å². The standard InChI is InChI=1S/C21H25NO4/c1-22(12-10-20(23)16-6-4-8-18(14-16)25-2)13-11-21(24)17-7-5-9-19(15-17)26-3/h4-9,14-15H,10-13H2,1-3H3. The van der Waals surface area contributed by atoms with E-state index < -0.39 is 0 Å². The van der Waals surface area contributed by atoms with Crippen LogP contribution in [0.3, 0.4) is 0 Å². The predicted octanol–water partition coefficient (Wildman–Crippen LogP) is 3.48. The van der Waals surface area contributed by atoms with Gasteiger partial charge in [-0.05, 0) is 31.3 Å². The summed E-state index contributed by atoms with van der Waals surface area (Å²) in [6, 6.07) is 14.3. The summed E-state index contributed by atoms with van der Waals surface area (Å²) in [5.41, 5.74) is 1.29. The number of benzene rings is 2. The van der Waals surface area contributed by atoms with Crippen molar-refractivity contribution in [1.82, 2.24) is 4.90 Å². The number of rotatable bonds is 10. The molecule has 0 spiro atoms. The minimum absolute atomic E-state index is 0.0647. The van der Waals surface area contributed by atoms with Crippen LogP contribution < -0.4 is 9.47 Å². The van der Waals surface area contributed by atoms with E-state index in [9.17, 15) is 9.59 Å². The third-order valence-corrected chi connectivity index (χ3v) is 4.22. The molecule has 0 aliphatic carbocycles. The molecule has 0 saturated heterocycles. The molecule has 2 aromatic rings. The van der Waals surface area contributed by atoms with Gasteiger partial charge in [0.15, 0.2) is 11.6 Å². The maximum Gasteiger partial charge on any atom is 0.164 e. The lowest BCUT2D eigenvalue weighted by molar-refractivity contribution is 0.0956. The molecule has 0 unspecified atom stereocenters. The van der Waals surface area contributed by atoms with Crippen molar-refractivity contribution in [3.05, 3.63) is 59.7 Å². The second-order valence-electron chi connectivity index (χ2n) is 6.11. The van der Waals surface area contributed by atoms with Crippen molar-refractivity contribution in [2.24, 2.45) is 0 Å². The summed E-state index contributed by atoms with van der Waals surface area (Å²) in [7, 11) is 5.07. The maximum atomic E-state index is 12.3. The number of Topliss-reactive ketones (excluding diaryl/α,β-unsaturated/α-hetero) is 2. The number of hydrogen-bond donors (Lipinski definition) is 0. The molecule has 0 atom stereocenters. The van der Waals surface area contributed by atoms with Gasteiger partial charge in [0, 0.05) is 37.1 Å². The van der Waals surface area contributed by atoms with E-state index in [-0.39, 0.29) is 11.6 Å². The average molecular weight is 355 g/mol. The SMILES string of the molecule is COc1cccc(C(=O)CCN(C)CCC(=O)c2cccc(OC)c2)c1. The van der Waals surface area contributed by atoms with E-state index in [1.807, 2.05) is 36.2 Å². The minimum atomic E-state index is 0.0647. The quantitative estimate of drug-likeness (QED) is 0.611. The Morgan fingerprint density at radius 1 is 0.808 bits per heavy atom. The Balaban J connectivity index is 1.80. The molecule has 0 amide bonds. The van der Waals surface area contributed by atoms with Gasteiger partial charge in [0.25, 0.3) is 0 Å². The normalized spacial score (nSPS) is 10.6. The first-order valence-corrected chi connectivity index (χ1v) is 8.56. The van der Waals surface area contributed by atoms with E-state index in [1.165, 1.54) is 0 Å². The van der Waals surface area contributed by atoms with Crippen molar-refractivity contribution < 1.29 is 19.1 Å². The highest BCUT2D eigenvalue weighted by molar-refractivity contribution is 5.97. The summed E-state index contributed by atoms with van der Waals surface area (Å²) in [4.78, 5) is 26.6. The first kappa shape index (κ1) is 19.7. The molecule has 2 aromatic carbocycles. The summed E-state index contributed by atoms with van der Waals surface area (Å²) < 4.78 is 10.3. The van der Waals surface area contributed by atoms with Crippen LogP contribution in [0.2, 0.25) is 0 Å². The van der Waals surface area contributed by atoms with Crippen LogP contribution in [0, 0.1) is 0 Å². The van der Waals surface area contributed by atoms with Gasteiger partial charge in [-0.15, -0.1) is 0 Å². The molecule has 0 aromatic heterocycles. The highest BCUT2D eigenvalue weighted by atomic mass is 16.5. The van der Waals surface area contributed by atoms with Gasteiger partial charge in [-0.3, -0.25) is 9.59 Å². The van der Waals surface area contributed by atoms with E-state index in [0.29, 0.717) is 48.6 Å². The van der Waals surface area contributed by atoms with Gasteiger partial charge >= 0.3 is 0 Å². The van der Waals surface area contributed by atoms with Crippen LogP contribution in [0.15, 0.2) is 48.5 Å². The topological polar surface area (TPSA) is 55.8 Å². The van der Waals surface area contributed by atoms with E-state index in [2.05, 4.69) is 0 Å². The number of carbonyl (C=O) groups is 2. The van der Waals surface area contributed by atoms with Gasteiger partial charge in [-0.25, -0.2) is 0 Å². The van der Waals surface area contributed by atoms with Crippen LogP contribution in [-0.4, -0.2) is 50.8 Å². The predicted molar refractivity (Wildman–Crippen MR) is 101 cm³/mol. The molecular formula is C21H25NO4. The molecule has 2 rings (SSSR count). The fraction of sp³-hybridized carbons (Fsp3) is 0.333. The molecule has 5 nitrogen and oxygen atoms in total. The Labute approximate surface area is 154 Å². The Morgan fingerprint density at radius 3 is 1.62 bits per heavy atom. The zero-order valence-corrected chi connectivity index (χ0v) is 15.5. The van der Waals surface area contributed by atoms with Crippen molar-refractivity contribution >= 4 is 11.6 Å². The molecule has 0 heterocycles. The monoisotopic (exact) mass is 355 g/mol. The fourth-order valence-electron chi connectivity index (χ4n) is 2.58. The fourth-order valence-corrected chi connectivity index (χ4v) is 2.58. The molecule has 0 aliphatic heterocycles. The van der Waals surface area contributed by atoms with Gasteiger partial charge in [0.1, 0.15) is 11.5 Å². The lowest BCUT2D eigenvalue weighted by Gasteiger charge is -2.15. The molecule has 0 bridgehead atoms. The molecule has 0 radical (unpaired) electrons. The third-order valence-electron chi connectivity index (χ3n) is 4.22. The lowest BCUT2D eigenvalue weighted by atomic mass is 10.1. The molecule has 0 fully saturated rings. The first-order chi connectivity index (χ1) is 12.5. The maximum absolute atomic E-state index is 12.3. The van der Waals surface area contributed by atoms with Crippen molar-refractivity contribution in [3.8, 4) is 11.5 Å². The minimum Gasteiger partial charge on any atom is -0.497 e. The van der Waals surface area contributed by atoms with E-state index in [0.717, 1.165) is 0 Å². The largest absolute Gasteiger partial charge is 0.497 e. The number of hydrogen-bond acceptors (Lipinski definition) is 5. The van der Waals surface area contributed by atoms with Crippen molar-refractivity contribution in [1.29, 1.82) is 0 Å². The second-order valence-corrected chi connectivity index (χ2v) is 6.11. The molecule has 0 N–H and O–H groups in total. The van der Waals surface area contributed by atoms with Crippen LogP contribution >= 0.6 is 0 Å². The lowest BCUT2D eigenvalue weighted by Crippen LogP contribution is -2.24. The smallest absolute Gasteiger partial charge is 0.164 e. The summed E-state index contributed by atoms with van der Waals surface area (Å²) in [5.74, 6) is 1.48. The number of carbonyl (C=O) groups excluding carboxylic acids is 2. The molecule has 138 valence electrons. The average Bonchev–Trinajstić information content (AvgIpc) is 2.70. The Hall–Kier alpha value is -2.66. The van der Waals surface area contributed by atoms with Crippen LogP contribution in [0.5, 0.6) is 11.5 Å². The zero-order valence-electron chi connectivity index (χ0n) is 15.5. The zero-order chi connectivity index (χ0) is 18.9. The van der Waals surface area contributed by atoms with E-state index in [4.69, 9.17) is 9.47 Å². The Kier molecular flexibility index (Phi) is 7.36. The highest BCUT2D eigenvalue weighted by Gasteiger charge is 2.11. The van der Waals surface area contributed by atoms with E-state index in [1.54, 1.807) is 38.5 Å². The van der Waals surface area contributed by atoms with Gasteiger partial charge < -0.3 is 14.4 Å². The third kappa shape index (κ3) is 5.70. The number of methoxy groups -OCH3 is 2. The van der Waals surface area contributed by atoms with E-state index >= 15 is 0 Å². The van der Waals surface area contributed by atoms with Gasteiger partial charge in [-0.1, -0.05) is 24.3 Å². The van der Waals surface area contributed by atoms with Gasteiger partial charge in [0.2, 0.25) is 0 Å². The molecule has 26 heavy (non-hydrogen) atoms. The van der Waals surface area contributed by atoms with Crippen LogP contribution in [-0.2, 0) is 0 Å².